The molecule has 0 aromatic heterocycles. The third-order valence-electron chi connectivity index (χ3n) is 6.28. The number of carboxylic acid groups (broad SMARTS) is 2. The number of aliphatic hydroxyl groups excluding tert-OH is 1. The molecule has 0 fully saturated rings. The lowest BCUT2D eigenvalue weighted by Gasteiger charge is -2.17. The molecular weight excluding hydrogens is 620 g/mol. The summed E-state index contributed by atoms with van der Waals surface area (Å²) in [6.45, 7) is 1.32. The highest BCUT2D eigenvalue weighted by molar-refractivity contribution is 6.27. The number of anilines is 2. The van der Waals surface area contributed by atoms with Crippen molar-refractivity contribution in [2.75, 3.05) is 36.9 Å². The first kappa shape index (κ1) is 36.7. The van der Waals surface area contributed by atoms with E-state index in [0.717, 1.165) is 11.1 Å². The van der Waals surface area contributed by atoms with E-state index in [9.17, 15) is 14.7 Å². The highest BCUT2D eigenvalue weighted by atomic mass is 16.5. The second-order valence-corrected chi connectivity index (χ2v) is 10.2. The second-order valence-electron chi connectivity index (χ2n) is 10.2. The molecule has 2 amide bonds. The lowest BCUT2D eigenvalue weighted by atomic mass is 10.2. The summed E-state index contributed by atoms with van der Waals surface area (Å²) in [6, 6.07) is 33.7. The SMILES string of the molecule is O=C(CNCc1ccccc1)Nc1ccccc1OCC(O)COc1ccccc1NC(=O)CNCc1ccccc1.O=C(O)C(=O)O. The Kier molecular flexibility index (Phi) is 15.6. The number of ether oxygens (including phenoxy) is 2. The maximum absolute atomic E-state index is 12.5. The summed E-state index contributed by atoms with van der Waals surface area (Å²) in [7, 11) is 0. The van der Waals surface area contributed by atoms with E-state index in [1.807, 2.05) is 60.7 Å². The lowest BCUT2D eigenvalue weighted by molar-refractivity contribution is -0.159. The van der Waals surface area contributed by atoms with Gasteiger partial charge in [0.25, 0.3) is 0 Å². The van der Waals surface area contributed by atoms with Gasteiger partial charge in [0.15, 0.2) is 0 Å². The molecule has 13 nitrogen and oxygen atoms in total. The summed E-state index contributed by atoms with van der Waals surface area (Å²) >= 11 is 0. The number of carboxylic acids is 2. The lowest BCUT2D eigenvalue weighted by Crippen LogP contribution is -2.29. The number of aliphatic carboxylic acids is 2. The smallest absolute Gasteiger partial charge is 0.414 e. The first-order valence-electron chi connectivity index (χ1n) is 14.9. The molecule has 13 heteroatoms. The molecule has 0 aliphatic heterocycles. The largest absolute Gasteiger partial charge is 0.489 e. The summed E-state index contributed by atoms with van der Waals surface area (Å²) in [4.78, 5) is 43.1. The molecule has 4 aromatic rings. The Morgan fingerprint density at radius 3 is 1.27 bits per heavy atom. The average molecular weight is 659 g/mol. The minimum atomic E-state index is -1.82. The predicted octanol–water partition coefficient (Wildman–Crippen LogP) is 3.12. The molecule has 0 bridgehead atoms. The van der Waals surface area contributed by atoms with Crippen LogP contribution in [0.5, 0.6) is 11.5 Å². The molecule has 0 radical (unpaired) electrons. The second kappa shape index (κ2) is 20.4. The summed E-state index contributed by atoms with van der Waals surface area (Å²) in [5.74, 6) is -3.20. The predicted molar refractivity (Wildman–Crippen MR) is 179 cm³/mol. The Balaban J connectivity index is 0.000000952. The zero-order chi connectivity index (χ0) is 34.6. The Hall–Kier alpha value is -5.76. The molecule has 0 atom stereocenters. The van der Waals surface area contributed by atoms with Gasteiger partial charge in [-0.05, 0) is 35.4 Å². The molecule has 0 heterocycles. The molecule has 0 spiro atoms. The van der Waals surface area contributed by atoms with Crippen LogP contribution in [0.4, 0.5) is 11.4 Å². The van der Waals surface area contributed by atoms with Crippen LogP contribution in [0.1, 0.15) is 11.1 Å². The molecule has 7 N–H and O–H groups in total. The van der Waals surface area contributed by atoms with E-state index in [1.54, 1.807) is 48.5 Å². The van der Waals surface area contributed by atoms with Gasteiger partial charge in [-0.3, -0.25) is 9.59 Å². The summed E-state index contributed by atoms with van der Waals surface area (Å²) in [5, 5.41) is 37.2. The molecule has 4 aromatic carbocycles. The van der Waals surface area contributed by atoms with Gasteiger partial charge in [-0.25, -0.2) is 9.59 Å². The number of para-hydroxylation sites is 4. The number of carbonyl (C=O) groups excluding carboxylic acids is 2. The molecule has 252 valence electrons. The van der Waals surface area contributed by atoms with Crippen LogP contribution in [0.15, 0.2) is 109 Å². The van der Waals surface area contributed by atoms with Crippen molar-refractivity contribution in [1.29, 1.82) is 0 Å². The molecule has 4 rings (SSSR count). The number of hydrogen-bond acceptors (Lipinski definition) is 9. The van der Waals surface area contributed by atoms with E-state index >= 15 is 0 Å². The number of carbonyl (C=O) groups is 4. The van der Waals surface area contributed by atoms with Crippen molar-refractivity contribution in [2.24, 2.45) is 0 Å². The topological polar surface area (TPSA) is 196 Å². The Labute approximate surface area is 277 Å². The van der Waals surface area contributed by atoms with Crippen molar-refractivity contribution < 1.29 is 44.0 Å². The molecule has 0 aliphatic carbocycles. The van der Waals surface area contributed by atoms with Crippen LogP contribution in [-0.4, -0.2) is 71.5 Å². The summed E-state index contributed by atoms with van der Waals surface area (Å²) in [5.41, 5.74) is 3.19. The van der Waals surface area contributed by atoms with Crippen molar-refractivity contribution >= 4 is 35.1 Å². The Bertz CT molecular complexity index is 1490. The fourth-order valence-corrected chi connectivity index (χ4v) is 4.03. The van der Waals surface area contributed by atoms with Gasteiger partial charge in [0, 0.05) is 13.1 Å². The fourth-order valence-electron chi connectivity index (χ4n) is 4.03. The number of aliphatic hydroxyl groups is 1. The van der Waals surface area contributed by atoms with Crippen molar-refractivity contribution in [3.05, 3.63) is 120 Å². The van der Waals surface area contributed by atoms with Gasteiger partial charge in [-0.2, -0.15) is 0 Å². The highest BCUT2D eigenvalue weighted by Gasteiger charge is 2.13. The molecule has 0 saturated carbocycles. The zero-order valence-corrected chi connectivity index (χ0v) is 26.0. The Morgan fingerprint density at radius 2 is 0.896 bits per heavy atom. The molecule has 48 heavy (non-hydrogen) atoms. The van der Waals surface area contributed by atoms with Gasteiger partial charge >= 0.3 is 11.9 Å². The molecule has 0 aliphatic rings. The monoisotopic (exact) mass is 658 g/mol. The Morgan fingerprint density at radius 1 is 0.542 bits per heavy atom. The van der Waals surface area contributed by atoms with Crippen LogP contribution in [-0.2, 0) is 32.3 Å². The fraction of sp³-hybridized carbons (Fsp3) is 0.200. The van der Waals surface area contributed by atoms with Crippen molar-refractivity contribution in [3.8, 4) is 11.5 Å². The number of amides is 2. The van der Waals surface area contributed by atoms with Crippen molar-refractivity contribution in [2.45, 2.75) is 19.2 Å². The van der Waals surface area contributed by atoms with Crippen LogP contribution in [0.3, 0.4) is 0 Å². The molecular formula is C35H38N4O9. The quantitative estimate of drug-likeness (QED) is 0.0874. The third-order valence-corrected chi connectivity index (χ3v) is 6.28. The minimum absolute atomic E-state index is 0.0585. The first-order chi connectivity index (χ1) is 23.2. The van der Waals surface area contributed by atoms with Gasteiger partial charge in [0.05, 0.1) is 24.5 Å². The zero-order valence-electron chi connectivity index (χ0n) is 26.0. The maximum Gasteiger partial charge on any atom is 0.414 e. The van der Waals surface area contributed by atoms with Gasteiger partial charge < -0.3 is 46.1 Å². The van der Waals surface area contributed by atoms with Crippen LogP contribution in [0.2, 0.25) is 0 Å². The van der Waals surface area contributed by atoms with E-state index in [-0.39, 0.29) is 38.1 Å². The van der Waals surface area contributed by atoms with Crippen LogP contribution in [0.25, 0.3) is 0 Å². The van der Waals surface area contributed by atoms with E-state index in [4.69, 9.17) is 29.3 Å². The summed E-state index contributed by atoms with van der Waals surface area (Å²) < 4.78 is 11.6. The standard InChI is InChI=1S/C33H36N4O5.C2H2O4/c38-27(23-41-30-17-9-7-15-28(30)36-32(39)21-34-19-25-11-3-1-4-12-25)24-42-31-18-10-8-16-29(31)37-33(40)22-35-20-26-13-5-2-6-14-26;3-1(4)2(5)6/h1-18,27,34-35,38H,19-24H2,(H,36,39)(H,37,40);(H,3,4)(H,5,6). The van der Waals surface area contributed by atoms with Gasteiger partial charge in [0.1, 0.15) is 30.8 Å². The van der Waals surface area contributed by atoms with Crippen molar-refractivity contribution in [1.82, 2.24) is 10.6 Å². The van der Waals surface area contributed by atoms with E-state index in [1.165, 1.54) is 0 Å². The maximum atomic E-state index is 12.5. The van der Waals surface area contributed by atoms with Gasteiger partial charge in [-0.1, -0.05) is 84.9 Å². The first-order valence-corrected chi connectivity index (χ1v) is 14.9. The number of rotatable bonds is 16. The van der Waals surface area contributed by atoms with Crippen LogP contribution < -0.4 is 30.7 Å². The van der Waals surface area contributed by atoms with Crippen molar-refractivity contribution in [3.63, 3.8) is 0 Å². The van der Waals surface area contributed by atoms with Crippen LogP contribution >= 0.6 is 0 Å². The van der Waals surface area contributed by atoms with Gasteiger partial charge in [0.2, 0.25) is 11.8 Å². The number of nitrogens with one attached hydrogen (secondary N) is 4. The number of benzene rings is 4. The van der Waals surface area contributed by atoms with E-state index < -0.39 is 18.0 Å². The molecule has 0 saturated heterocycles. The van der Waals surface area contributed by atoms with Gasteiger partial charge in [-0.15, -0.1) is 0 Å². The number of hydrogen-bond donors (Lipinski definition) is 7. The minimum Gasteiger partial charge on any atom is -0.489 e. The van der Waals surface area contributed by atoms with E-state index in [0.29, 0.717) is 36.0 Å². The van der Waals surface area contributed by atoms with Crippen LogP contribution in [0, 0.1) is 0 Å². The highest BCUT2D eigenvalue weighted by Crippen LogP contribution is 2.25. The summed E-state index contributed by atoms with van der Waals surface area (Å²) in [6.07, 6.45) is -0.961. The average Bonchev–Trinajstić information content (AvgIpc) is 3.08. The third kappa shape index (κ3) is 14.1. The van der Waals surface area contributed by atoms with E-state index in [2.05, 4.69) is 21.3 Å². The molecule has 0 unspecified atom stereocenters. The normalized spacial score (nSPS) is 10.3.